The largest absolute Gasteiger partial charge is 0.370 e. The molecule has 8 heteroatoms. The number of hydrogen-bond donors (Lipinski definition) is 2. The van der Waals surface area contributed by atoms with E-state index in [2.05, 4.69) is 34.7 Å². The molecule has 0 saturated carbocycles. The third kappa shape index (κ3) is 5.46. The van der Waals surface area contributed by atoms with E-state index >= 15 is 0 Å². The van der Waals surface area contributed by atoms with Crippen molar-refractivity contribution in [1.82, 2.24) is 20.1 Å². The molecule has 0 spiro atoms. The van der Waals surface area contributed by atoms with Gasteiger partial charge in [0.25, 0.3) is 5.91 Å². The van der Waals surface area contributed by atoms with Gasteiger partial charge in [-0.3, -0.25) is 14.2 Å². The van der Waals surface area contributed by atoms with Crippen molar-refractivity contribution in [3.8, 4) is 5.69 Å². The summed E-state index contributed by atoms with van der Waals surface area (Å²) in [5, 5.41) is 13.7. The van der Waals surface area contributed by atoms with Gasteiger partial charge in [-0.05, 0) is 49.1 Å². The highest BCUT2D eigenvalue weighted by molar-refractivity contribution is 6.04. The Morgan fingerprint density at radius 3 is 2.39 bits per heavy atom. The van der Waals surface area contributed by atoms with E-state index in [-0.39, 0.29) is 30.1 Å². The Balaban J connectivity index is 1.53. The molecule has 1 aromatic heterocycles. The summed E-state index contributed by atoms with van der Waals surface area (Å²) in [5.74, 6) is 0.0714. The van der Waals surface area contributed by atoms with E-state index in [0.717, 1.165) is 17.7 Å². The van der Waals surface area contributed by atoms with Crippen LogP contribution in [0.5, 0.6) is 0 Å². The molecule has 1 fully saturated rings. The van der Waals surface area contributed by atoms with Crippen LogP contribution in [0.2, 0.25) is 0 Å². The van der Waals surface area contributed by atoms with E-state index in [1.165, 1.54) is 6.92 Å². The van der Waals surface area contributed by atoms with Gasteiger partial charge in [-0.2, -0.15) is 0 Å². The van der Waals surface area contributed by atoms with Crippen LogP contribution in [0, 0.1) is 5.92 Å². The highest BCUT2D eigenvalue weighted by Gasteiger charge is 2.33. The molecule has 0 radical (unpaired) electrons. The van der Waals surface area contributed by atoms with Crippen LogP contribution >= 0.6 is 0 Å². The molecule has 4 rings (SSSR count). The van der Waals surface area contributed by atoms with Gasteiger partial charge in [0.2, 0.25) is 5.91 Å². The normalized spacial score (nSPS) is 20.4. The van der Waals surface area contributed by atoms with E-state index in [1.54, 1.807) is 29.4 Å². The van der Waals surface area contributed by atoms with E-state index in [0.29, 0.717) is 23.6 Å². The molecule has 0 bridgehead atoms. The number of amides is 2. The maximum Gasteiger partial charge on any atom is 0.255 e. The standard InChI is InChI=1S/C25H29N5O3/c1-16(2)23-12-19(28-17(3)31)13-24(33-23)21-6-4-5-7-22(21)29-25(32)18-8-10-20(11-9-18)30-14-26-27-15-30/h4-11,14-16,19,23-24H,12-13H2,1-3H3,(H,28,31)(H,29,32)/t19-,23-,24+/m1/s1. The summed E-state index contributed by atoms with van der Waals surface area (Å²) in [6.45, 7) is 5.78. The molecule has 1 aliphatic heterocycles. The van der Waals surface area contributed by atoms with E-state index in [4.69, 9.17) is 4.74 Å². The van der Waals surface area contributed by atoms with Crippen molar-refractivity contribution < 1.29 is 14.3 Å². The van der Waals surface area contributed by atoms with Gasteiger partial charge < -0.3 is 15.4 Å². The molecule has 3 atom stereocenters. The lowest BCUT2D eigenvalue weighted by atomic mass is 9.89. The Labute approximate surface area is 193 Å². The zero-order valence-corrected chi connectivity index (χ0v) is 19.1. The maximum atomic E-state index is 13.0. The number of benzene rings is 2. The molecule has 0 aliphatic carbocycles. The quantitative estimate of drug-likeness (QED) is 0.597. The second-order valence-electron chi connectivity index (χ2n) is 8.73. The predicted octanol–water partition coefficient (Wildman–Crippen LogP) is 3.90. The number of nitrogens with zero attached hydrogens (tertiary/aromatic N) is 3. The van der Waals surface area contributed by atoms with Crippen molar-refractivity contribution in [1.29, 1.82) is 0 Å². The summed E-state index contributed by atoms with van der Waals surface area (Å²) in [5.41, 5.74) is 3.03. The third-order valence-electron chi connectivity index (χ3n) is 5.91. The fourth-order valence-electron chi connectivity index (χ4n) is 4.20. The summed E-state index contributed by atoms with van der Waals surface area (Å²) in [4.78, 5) is 24.7. The van der Waals surface area contributed by atoms with Crippen molar-refractivity contribution in [2.24, 2.45) is 5.92 Å². The monoisotopic (exact) mass is 447 g/mol. The lowest BCUT2D eigenvalue weighted by Crippen LogP contribution is -2.43. The van der Waals surface area contributed by atoms with Gasteiger partial charge in [-0.1, -0.05) is 32.0 Å². The molecular weight excluding hydrogens is 418 g/mol. The minimum atomic E-state index is -0.226. The fourth-order valence-corrected chi connectivity index (χ4v) is 4.20. The molecule has 2 aromatic carbocycles. The first-order valence-corrected chi connectivity index (χ1v) is 11.2. The Morgan fingerprint density at radius 1 is 1.03 bits per heavy atom. The number of nitrogens with one attached hydrogen (secondary N) is 2. The molecule has 0 unspecified atom stereocenters. The van der Waals surface area contributed by atoms with Crippen LogP contribution in [0.3, 0.4) is 0 Å². The highest BCUT2D eigenvalue weighted by Crippen LogP contribution is 2.37. The van der Waals surface area contributed by atoms with Crippen LogP contribution in [0.1, 0.15) is 55.6 Å². The van der Waals surface area contributed by atoms with Gasteiger partial charge in [-0.15, -0.1) is 10.2 Å². The van der Waals surface area contributed by atoms with Gasteiger partial charge >= 0.3 is 0 Å². The molecule has 1 aliphatic rings. The second kappa shape index (κ2) is 9.95. The van der Waals surface area contributed by atoms with Crippen LogP contribution in [0.25, 0.3) is 5.69 Å². The smallest absolute Gasteiger partial charge is 0.255 e. The van der Waals surface area contributed by atoms with Crippen LogP contribution in [0.4, 0.5) is 5.69 Å². The third-order valence-corrected chi connectivity index (χ3v) is 5.91. The van der Waals surface area contributed by atoms with Crippen LogP contribution in [-0.2, 0) is 9.53 Å². The molecular formula is C25H29N5O3. The van der Waals surface area contributed by atoms with Gasteiger partial charge in [0.05, 0.1) is 12.2 Å². The molecule has 3 aromatic rings. The number of carbonyl (C=O) groups is 2. The Kier molecular flexibility index (Phi) is 6.84. The average molecular weight is 448 g/mol. The fraction of sp³-hybridized carbons (Fsp3) is 0.360. The van der Waals surface area contributed by atoms with Crippen molar-refractivity contribution in [3.05, 3.63) is 72.3 Å². The molecule has 172 valence electrons. The maximum absolute atomic E-state index is 13.0. The summed E-state index contributed by atoms with van der Waals surface area (Å²) in [6, 6.07) is 15.0. The number of aromatic nitrogens is 3. The molecule has 2 N–H and O–H groups in total. The summed E-state index contributed by atoms with van der Waals surface area (Å²) in [7, 11) is 0. The number of para-hydroxylation sites is 1. The first-order chi connectivity index (χ1) is 15.9. The summed E-state index contributed by atoms with van der Waals surface area (Å²) >= 11 is 0. The topological polar surface area (TPSA) is 98.1 Å². The Hall–Kier alpha value is -3.52. The lowest BCUT2D eigenvalue weighted by molar-refractivity contribution is -0.123. The van der Waals surface area contributed by atoms with Crippen LogP contribution in [0.15, 0.2) is 61.2 Å². The molecule has 2 amide bonds. The predicted molar refractivity (Wildman–Crippen MR) is 125 cm³/mol. The zero-order valence-electron chi connectivity index (χ0n) is 19.1. The Morgan fingerprint density at radius 2 is 1.73 bits per heavy atom. The van der Waals surface area contributed by atoms with E-state index in [1.807, 2.05) is 36.4 Å². The van der Waals surface area contributed by atoms with Crippen molar-refractivity contribution in [2.75, 3.05) is 5.32 Å². The number of carbonyl (C=O) groups excluding carboxylic acids is 2. The number of rotatable bonds is 6. The van der Waals surface area contributed by atoms with Gasteiger partial charge in [-0.25, -0.2) is 0 Å². The van der Waals surface area contributed by atoms with Gasteiger partial charge in [0, 0.05) is 35.5 Å². The van der Waals surface area contributed by atoms with E-state index < -0.39 is 0 Å². The zero-order chi connectivity index (χ0) is 23.4. The molecule has 1 saturated heterocycles. The molecule has 8 nitrogen and oxygen atoms in total. The van der Waals surface area contributed by atoms with Crippen molar-refractivity contribution >= 4 is 17.5 Å². The SMILES string of the molecule is CC(=O)N[C@H]1C[C@@H](c2ccccc2NC(=O)c2ccc(-n3cnnc3)cc2)O[C@@H](C(C)C)C1. The number of ether oxygens (including phenoxy) is 1. The first-order valence-electron chi connectivity index (χ1n) is 11.2. The van der Waals surface area contributed by atoms with Gasteiger partial charge in [0.15, 0.2) is 0 Å². The van der Waals surface area contributed by atoms with Crippen molar-refractivity contribution in [2.45, 2.75) is 51.9 Å². The summed E-state index contributed by atoms with van der Waals surface area (Å²) < 4.78 is 8.19. The average Bonchev–Trinajstić information content (AvgIpc) is 3.34. The molecule has 33 heavy (non-hydrogen) atoms. The number of anilines is 1. The molecule has 2 heterocycles. The second-order valence-corrected chi connectivity index (χ2v) is 8.73. The van der Waals surface area contributed by atoms with Crippen molar-refractivity contribution in [3.63, 3.8) is 0 Å². The minimum absolute atomic E-state index is 0.0227. The van der Waals surface area contributed by atoms with E-state index in [9.17, 15) is 9.59 Å². The lowest BCUT2D eigenvalue weighted by Gasteiger charge is -2.38. The van der Waals surface area contributed by atoms with Crippen LogP contribution in [-0.4, -0.2) is 38.7 Å². The first kappa shape index (κ1) is 22.7. The Bertz CT molecular complexity index is 1100. The minimum Gasteiger partial charge on any atom is -0.370 e. The van der Waals surface area contributed by atoms with Gasteiger partial charge in [0.1, 0.15) is 12.7 Å². The summed E-state index contributed by atoms with van der Waals surface area (Å²) in [6.07, 6.45) is 4.44. The number of hydrogen-bond acceptors (Lipinski definition) is 5. The highest BCUT2D eigenvalue weighted by atomic mass is 16.5. The van der Waals surface area contributed by atoms with Crippen LogP contribution < -0.4 is 10.6 Å².